The second-order valence-corrected chi connectivity index (χ2v) is 3.27. The van der Waals surface area contributed by atoms with Gasteiger partial charge in [0, 0.05) is 6.20 Å². The van der Waals surface area contributed by atoms with E-state index in [-0.39, 0.29) is 17.2 Å². The summed E-state index contributed by atoms with van der Waals surface area (Å²) in [6, 6.07) is 1.79. The topological polar surface area (TPSA) is 107 Å². The molecule has 0 aromatic carbocycles. The fraction of sp³-hybridized carbons (Fsp3) is 0.200. The fourth-order valence-electron chi connectivity index (χ4n) is 1.30. The molecular weight excluding hydrogens is 236 g/mol. The van der Waals surface area contributed by atoms with Gasteiger partial charge in [0.1, 0.15) is 23.8 Å². The molecule has 2 aromatic rings. The molecule has 0 saturated heterocycles. The first-order chi connectivity index (χ1) is 8.65. The maximum atomic E-state index is 11.6. The van der Waals surface area contributed by atoms with Crippen LogP contribution >= 0.6 is 0 Å². The molecule has 8 heteroatoms. The van der Waals surface area contributed by atoms with Gasteiger partial charge < -0.3 is 4.74 Å². The molecule has 8 nitrogen and oxygen atoms in total. The number of carbonyl (C=O) groups is 1. The van der Waals surface area contributed by atoms with E-state index in [9.17, 15) is 4.79 Å². The number of esters is 1. The zero-order valence-corrected chi connectivity index (χ0v) is 9.65. The first-order valence-corrected chi connectivity index (χ1v) is 4.90. The Hall–Kier alpha value is -2.82. The van der Waals surface area contributed by atoms with Crippen molar-refractivity contribution in [1.29, 1.82) is 5.26 Å². The van der Waals surface area contributed by atoms with Crippen LogP contribution in [-0.2, 0) is 4.74 Å². The van der Waals surface area contributed by atoms with E-state index in [1.807, 2.05) is 0 Å². The molecule has 0 fully saturated rings. The van der Waals surface area contributed by atoms with Gasteiger partial charge in [-0.25, -0.2) is 24.4 Å². The van der Waals surface area contributed by atoms with E-state index >= 15 is 0 Å². The highest BCUT2D eigenvalue weighted by Crippen LogP contribution is 2.11. The van der Waals surface area contributed by atoms with Gasteiger partial charge in [-0.3, -0.25) is 0 Å². The Morgan fingerprint density at radius 2 is 2.28 bits per heavy atom. The highest BCUT2D eigenvalue weighted by molar-refractivity contribution is 5.92. The van der Waals surface area contributed by atoms with Crippen molar-refractivity contribution in [1.82, 2.24) is 24.7 Å². The minimum atomic E-state index is -0.584. The van der Waals surface area contributed by atoms with Crippen LogP contribution < -0.4 is 0 Å². The quantitative estimate of drug-likeness (QED) is 0.685. The SMILES string of the molecule is COC(=O)c1cnc(C)nc1-n1cnc(C#N)n1. The van der Waals surface area contributed by atoms with Crippen molar-refractivity contribution in [2.75, 3.05) is 7.11 Å². The van der Waals surface area contributed by atoms with Gasteiger partial charge in [-0.2, -0.15) is 5.26 Å². The van der Waals surface area contributed by atoms with Crippen LogP contribution in [0.4, 0.5) is 0 Å². The molecule has 18 heavy (non-hydrogen) atoms. The van der Waals surface area contributed by atoms with Crippen LogP contribution in [0.25, 0.3) is 5.82 Å². The number of aryl methyl sites for hydroxylation is 1. The minimum Gasteiger partial charge on any atom is -0.465 e. The number of rotatable bonds is 2. The smallest absolute Gasteiger partial charge is 0.343 e. The van der Waals surface area contributed by atoms with Gasteiger partial charge in [0.25, 0.3) is 5.82 Å². The van der Waals surface area contributed by atoms with Crippen LogP contribution in [0.15, 0.2) is 12.5 Å². The van der Waals surface area contributed by atoms with Gasteiger partial charge in [-0.15, -0.1) is 5.10 Å². The van der Waals surface area contributed by atoms with Gasteiger partial charge >= 0.3 is 5.97 Å². The summed E-state index contributed by atoms with van der Waals surface area (Å²) in [5, 5.41) is 12.5. The summed E-state index contributed by atoms with van der Waals surface area (Å²) in [7, 11) is 1.26. The third-order valence-corrected chi connectivity index (χ3v) is 2.10. The second-order valence-electron chi connectivity index (χ2n) is 3.27. The van der Waals surface area contributed by atoms with E-state index in [1.165, 1.54) is 24.3 Å². The number of nitrogens with zero attached hydrogens (tertiary/aromatic N) is 6. The number of hydrogen-bond acceptors (Lipinski definition) is 7. The van der Waals surface area contributed by atoms with Crippen molar-refractivity contribution < 1.29 is 9.53 Å². The summed E-state index contributed by atoms with van der Waals surface area (Å²) in [6.45, 7) is 1.67. The molecule has 0 aliphatic heterocycles. The molecule has 0 aliphatic rings. The molecule has 2 aromatic heterocycles. The number of ether oxygens (including phenoxy) is 1. The number of hydrogen-bond donors (Lipinski definition) is 0. The zero-order valence-electron chi connectivity index (χ0n) is 9.65. The van der Waals surface area contributed by atoms with Gasteiger partial charge in [0.2, 0.25) is 0 Å². The summed E-state index contributed by atoms with van der Waals surface area (Å²) in [4.78, 5) is 23.3. The van der Waals surface area contributed by atoms with E-state index in [1.54, 1.807) is 13.0 Å². The van der Waals surface area contributed by atoms with E-state index in [4.69, 9.17) is 5.26 Å². The predicted octanol–water partition coefficient (Wildman–Crippen LogP) is 0.0240. The lowest BCUT2D eigenvalue weighted by molar-refractivity contribution is 0.0599. The standard InChI is InChI=1S/C10H8N6O2/c1-6-12-4-7(10(17)18-2)9(14-6)16-5-13-8(3-11)15-16/h4-5H,1-2H3. The van der Waals surface area contributed by atoms with Gasteiger partial charge in [0.05, 0.1) is 7.11 Å². The number of nitriles is 1. The summed E-state index contributed by atoms with van der Waals surface area (Å²) in [6.07, 6.45) is 2.64. The molecule has 0 atom stereocenters. The highest BCUT2D eigenvalue weighted by Gasteiger charge is 2.17. The normalized spacial score (nSPS) is 9.83. The Labute approximate surface area is 102 Å². The average molecular weight is 244 g/mol. The number of aromatic nitrogens is 5. The summed E-state index contributed by atoms with van der Waals surface area (Å²) < 4.78 is 5.86. The van der Waals surface area contributed by atoms with Crippen molar-refractivity contribution in [2.24, 2.45) is 0 Å². The van der Waals surface area contributed by atoms with Crippen molar-refractivity contribution in [3.05, 3.63) is 29.7 Å². The maximum absolute atomic E-state index is 11.6. The van der Waals surface area contributed by atoms with Crippen LogP contribution in [-0.4, -0.2) is 37.8 Å². The third-order valence-electron chi connectivity index (χ3n) is 2.10. The molecule has 0 amide bonds. The third kappa shape index (κ3) is 2.01. The van der Waals surface area contributed by atoms with Crippen molar-refractivity contribution in [3.8, 4) is 11.9 Å². The predicted molar refractivity (Wildman–Crippen MR) is 57.7 cm³/mol. The molecule has 2 rings (SSSR count). The van der Waals surface area contributed by atoms with E-state index in [0.717, 1.165) is 0 Å². The van der Waals surface area contributed by atoms with E-state index in [2.05, 4.69) is 24.8 Å². The largest absolute Gasteiger partial charge is 0.465 e. The lowest BCUT2D eigenvalue weighted by atomic mass is 10.3. The van der Waals surface area contributed by atoms with Gasteiger partial charge in [-0.1, -0.05) is 0 Å². The molecule has 2 heterocycles. The highest BCUT2D eigenvalue weighted by atomic mass is 16.5. The first-order valence-electron chi connectivity index (χ1n) is 4.90. The van der Waals surface area contributed by atoms with Gasteiger partial charge in [0.15, 0.2) is 5.82 Å². The molecule has 0 unspecified atom stereocenters. The van der Waals surface area contributed by atoms with Crippen LogP contribution in [0, 0.1) is 18.3 Å². The zero-order chi connectivity index (χ0) is 13.1. The lowest BCUT2D eigenvalue weighted by Crippen LogP contribution is -2.12. The number of methoxy groups -OCH3 is 1. The molecule has 0 aliphatic carbocycles. The Balaban J connectivity index is 2.58. The maximum Gasteiger partial charge on any atom is 0.343 e. The first kappa shape index (κ1) is 11.7. The molecule has 0 bridgehead atoms. The van der Waals surface area contributed by atoms with Crippen molar-refractivity contribution in [2.45, 2.75) is 6.92 Å². The molecule has 0 spiro atoms. The van der Waals surface area contributed by atoms with E-state index in [0.29, 0.717) is 5.82 Å². The van der Waals surface area contributed by atoms with Crippen molar-refractivity contribution >= 4 is 5.97 Å². The van der Waals surface area contributed by atoms with Crippen LogP contribution in [0.1, 0.15) is 22.0 Å². The van der Waals surface area contributed by atoms with Gasteiger partial charge in [-0.05, 0) is 6.92 Å². The molecule has 0 N–H and O–H groups in total. The van der Waals surface area contributed by atoms with Crippen LogP contribution in [0.3, 0.4) is 0 Å². The molecule has 0 saturated carbocycles. The summed E-state index contributed by atoms with van der Waals surface area (Å²) in [5.41, 5.74) is 0.150. The molecule has 90 valence electrons. The Morgan fingerprint density at radius 3 is 2.89 bits per heavy atom. The Bertz CT molecular complexity index is 642. The average Bonchev–Trinajstić information content (AvgIpc) is 2.86. The minimum absolute atomic E-state index is 0.0120. The van der Waals surface area contributed by atoms with E-state index < -0.39 is 5.97 Å². The Morgan fingerprint density at radius 1 is 1.50 bits per heavy atom. The molecular formula is C10H8N6O2. The van der Waals surface area contributed by atoms with Crippen LogP contribution in [0.5, 0.6) is 0 Å². The summed E-state index contributed by atoms with van der Waals surface area (Å²) in [5.74, 6) is 0.0936. The van der Waals surface area contributed by atoms with Crippen molar-refractivity contribution in [3.63, 3.8) is 0 Å². The lowest BCUT2D eigenvalue weighted by Gasteiger charge is -2.06. The Kier molecular flexibility index (Phi) is 2.97. The summed E-state index contributed by atoms with van der Waals surface area (Å²) >= 11 is 0. The fourth-order valence-corrected chi connectivity index (χ4v) is 1.30. The second kappa shape index (κ2) is 4.58. The monoisotopic (exact) mass is 244 g/mol. The van der Waals surface area contributed by atoms with Crippen LogP contribution in [0.2, 0.25) is 0 Å². The molecule has 0 radical (unpaired) electrons. The number of carbonyl (C=O) groups excluding carboxylic acids is 1.